The molecule has 1 N–H and O–H groups in total. The normalized spacial score (nSPS) is 14.9. The zero-order valence-corrected chi connectivity index (χ0v) is 13.6. The highest BCUT2D eigenvalue weighted by Gasteiger charge is 2.21. The maximum atomic E-state index is 10.9. The van der Waals surface area contributed by atoms with Crippen LogP contribution in [0.2, 0.25) is 0 Å². The van der Waals surface area contributed by atoms with E-state index >= 15 is 0 Å². The highest BCUT2D eigenvalue weighted by Crippen LogP contribution is 2.27. The first-order chi connectivity index (χ1) is 9.24. The first-order valence-corrected chi connectivity index (χ1v) is 7.47. The number of hydrogen-bond donors (Lipinski definition) is 1. The van der Waals surface area contributed by atoms with Crippen LogP contribution < -0.4 is 0 Å². The molecule has 1 atom stereocenters. The monoisotopic (exact) mass is 278 g/mol. The van der Waals surface area contributed by atoms with Crippen LogP contribution in [0.3, 0.4) is 0 Å². The molecule has 0 rings (SSSR count). The molecule has 0 aliphatic rings. The van der Waals surface area contributed by atoms with Gasteiger partial charge >= 0.3 is 5.97 Å². The van der Waals surface area contributed by atoms with Gasteiger partial charge in [-0.2, -0.15) is 0 Å². The lowest BCUT2D eigenvalue weighted by Crippen LogP contribution is -2.18. The van der Waals surface area contributed by atoms with E-state index in [1.165, 1.54) is 0 Å². The molecule has 2 heteroatoms. The second-order valence-corrected chi connectivity index (χ2v) is 6.45. The van der Waals surface area contributed by atoms with Crippen LogP contribution >= 0.6 is 0 Å². The first kappa shape index (κ1) is 18.7. The van der Waals surface area contributed by atoms with Gasteiger partial charge in [0.15, 0.2) is 0 Å². The van der Waals surface area contributed by atoms with Crippen molar-refractivity contribution < 1.29 is 9.90 Å². The van der Waals surface area contributed by atoms with Gasteiger partial charge in [0, 0.05) is 0 Å². The fourth-order valence-corrected chi connectivity index (χ4v) is 2.03. The molecule has 0 bridgehead atoms. The summed E-state index contributed by atoms with van der Waals surface area (Å²) in [5, 5.41) is 8.93. The summed E-state index contributed by atoms with van der Waals surface area (Å²) in [6.45, 7) is 10.3. The summed E-state index contributed by atoms with van der Waals surface area (Å²) >= 11 is 0. The molecule has 0 spiro atoms. The van der Waals surface area contributed by atoms with Crippen molar-refractivity contribution in [2.75, 3.05) is 0 Å². The Balaban J connectivity index is 4.04. The van der Waals surface area contributed by atoms with Gasteiger partial charge in [-0.1, -0.05) is 71.1 Å². The molecule has 0 aromatic rings. The van der Waals surface area contributed by atoms with E-state index in [1.807, 2.05) is 0 Å². The van der Waals surface area contributed by atoms with Crippen molar-refractivity contribution in [3.8, 4) is 0 Å². The van der Waals surface area contributed by atoms with Crippen molar-refractivity contribution >= 4 is 5.97 Å². The minimum atomic E-state index is -0.719. The van der Waals surface area contributed by atoms with Gasteiger partial charge in [-0.25, -0.2) is 0 Å². The smallest absolute Gasteiger partial charge is 0.306 e. The quantitative estimate of drug-likeness (QED) is 0.586. The van der Waals surface area contributed by atoms with Crippen LogP contribution in [-0.2, 0) is 4.79 Å². The van der Waals surface area contributed by atoms with Gasteiger partial charge in [-0.15, -0.1) is 0 Å². The van der Waals surface area contributed by atoms with E-state index < -0.39 is 5.97 Å². The molecular weight excluding hydrogens is 248 g/mol. The van der Waals surface area contributed by atoms with Crippen molar-refractivity contribution in [1.82, 2.24) is 0 Å². The summed E-state index contributed by atoms with van der Waals surface area (Å²) in [5.74, 6) is -0.407. The number of allylic oxidation sites excluding steroid dienone is 6. The summed E-state index contributed by atoms with van der Waals surface area (Å²) in [7, 11) is 0. The molecule has 0 radical (unpaired) electrons. The Labute approximate surface area is 124 Å². The number of hydrogen-bond acceptors (Lipinski definition) is 1. The molecule has 0 aromatic heterocycles. The molecule has 0 aromatic carbocycles. The second-order valence-electron chi connectivity index (χ2n) is 6.45. The van der Waals surface area contributed by atoms with Gasteiger partial charge in [0.2, 0.25) is 0 Å². The average Bonchev–Trinajstić information content (AvgIpc) is 2.31. The Morgan fingerprint density at radius 2 is 1.60 bits per heavy atom. The molecule has 0 amide bonds. The number of carbonyl (C=O) groups is 1. The summed E-state index contributed by atoms with van der Waals surface area (Å²) in [5.41, 5.74) is -0.0663. The SMILES string of the molecule is CC(C)/C=C\C/C=C\C/C=C\C(C)(C)CC(C)C(=O)O. The summed E-state index contributed by atoms with van der Waals surface area (Å²) in [6.07, 6.45) is 15.5. The van der Waals surface area contributed by atoms with E-state index in [2.05, 4.69) is 64.2 Å². The molecule has 20 heavy (non-hydrogen) atoms. The Morgan fingerprint density at radius 1 is 1.05 bits per heavy atom. The minimum absolute atomic E-state index is 0.0663. The zero-order chi connectivity index (χ0) is 15.6. The number of carboxylic acids is 1. The van der Waals surface area contributed by atoms with Gasteiger partial charge in [0.1, 0.15) is 0 Å². The zero-order valence-electron chi connectivity index (χ0n) is 13.6. The van der Waals surface area contributed by atoms with Crippen molar-refractivity contribution in [2.45, 2.75) is 53.9 Å². The van der Waals surface area contributed by atoms with Gasteiger partial charge < -0.3 is 5.11 Å². The first-order valence-electron chi connectivity index (χ1n) is 7.47. The second kappa shape index (κ2) is 9.57. The van der Waals surface area contributed by atoms with Gasteiger partial charge in [0.25, 0.3) is 0 Å². The van der Waals surface area contributed by atoms with Crippen LogP contribution in [0.15, 0.2) is 36.5 Å². The van der Waals surface area contributed by atoms with Crippen molar-refractivity contribution in [2.24, 2.45) is 17.3 Å². The molecule has 0 heterocycles. The lowest BCUT2D eigenvalue weighted by molar-refractivity contribution is -0.141. The van der Waals surface area contributed by atoms with Gasteiger partial charge in [0.05, 0.1) is 5.92 Å². The van der Waals surface area contributed by atoms with Crippen LogP contribution in [-0.4, -0.2) is 11.1 Å². The van der Waals surface area contributed by atoms with Gasteiger partial charge in [-0.3, -0.25) is 4.79 Å². The fourth-order valence-electron chi connectivity index (χ4n) is 2.03. The van der Waals surface area contributed by atoms with E-state index in [0.29, 0.717) is 12.3 Å². The molecule has 0 fully saturated rings. The maximum absolute atomic E-state index is 10.9. The van der Waals surface area contributed by atoms with E-state index in [-0.39, 0.29) is 11.3 Å². The minimum Gasteiger partial charge on any atom is -0.481 e. The standard InChI is InChI=1S/C18H30O2/c1-15(2)12-10-8-6-7-9-11-13-18(4,5)14-16(3)17(19)20/h6-7,10-13,15-16H,8-9,14H2,1-5H3,(H,19,20)/b7-6-,12-10-,13-11-. The third kappa shape index (κ3) is 10.6. The Hall–Kier alpha value is -1.31. The third-order valence-corrected chi connectivity index (χ3v) is 3.05. The molecule has 2 nitrogen and oxygen atoms in total. The molecule has 0 saturated heterocycles. The lowest BCUT2D eigenvalue weighted by atomic mass is 9.83. The van der Waals surface area contributed by atoms with Gasteiger partial charge in [-0.05, 0) is 30.6 Å². The molecule has 0 aliphatic heterocycles. The average molecular weight is 278 g/mol. The van der Waals surface area contributed by atoms with Crippen LogP contribution in [0.1, 0.15) is 53.9 Å². The number of aliphatic carboxylic acids is 1. The van der Waals surface area contributed by atoms with E-state index in [4.69, 9.17) is 5.11 Å². The predicted molar refractivity (Wildman–Crippen MR) is 86.7 cm³/mol. The number of carboxylic acid groups (broad SMARTS) is 1. The Morgan fingerprint density at radius 3 is 2.10 bits per heavy atom. The fraction of sp³-hybridized carbons (Fsp3) is 0.611. The molecule has 0 aliphatic carbocycles. The van der Waals surface area contributed by atoms with Crippen LogP contribution in [0, 0.1) is 17.3 Å². The Kier molecular flexibility index (Phi) is 8.94. The molecule has 0 saturated carbocycles. The predicted octanol–water partition coefficient (Wildman–Crippen LogP) is 5.23. The van der Waals surface area contributed by atoms with Crippen LogP contribution in [0.4, 0.5) is 0 Å². The van der Waals surface area contributed by atoms with Crippen LogP contribution in [0.5, 0.6) is 0 Å². The van der Waals surface area contributed by atoms with Crippen molar-refractivity contribution in [3.63, 3.8) is 0 Å². The maximum Gasteiger partial charge on any atom is 0.306 e. The van der Waals surface area contributed by atoms with E-state index in [9.17, 15) is 4.79 Å². The molecular formula is C18H30O2. The van der Waals surface area contributed by atoms with E-state index in [1.54, 1.807) is 6.92 Å². The third-order valence-electron chi connectivity index (χ3n) is 3.05. The highest BCUT2D eigenvalue weighted by molar-refractivity contribution is 5.69. The highest BCUT2D eigenvalue weighted by atomic mass is 16.4. The summed E-state index contributed by atoms with van der Waals surface area (Å²) in [4.78, 5) is 10.9. The van der Waals surface area contributed by atoms with Crippen LogP contribution in [0.25, 0.3) is 0 Å². The van der Waals surface area contributed by atoms with Crippen molar-refractivity contribution in [1.29, 1.82) is 0 Å². The lowest BCUT2D eigenvalue weighted by Gasteiger charge is -2.22. The Bertz CT molecular complexity index is 360. The summed E-state index contributed by atoms with van der Waals surface area (Å²) < 4.78 is 0. The number of rotatable bonds is 9. The molecule has 1 unspecified atom stereocenters. The topological polar surface area (TPSA) is 37.3 Å². The molecule has 114 valence electrons. The van der Waals surface area contributed by atoms with E-state index in [0.717, 1.165) is 12.8 Å². The largest absolute Gasteiger partial charge is 0.481 e. The van der Waals surface area contributed by atoms with Crippen molar-refractivity contribution in [3.05, 3.63) is 36.5 Å². The summed E-state index contributed by atoms with van der Waals surface area (Å²) in [6, 6.07) is 0.